The average molecular weight is 353 g/mol. The summed E-state index contributed by atoms with van der Waals surface area (Å²) in [6.07, 6.45) is 2.46. The fraction of sp³-hybridized carbons (Fsp3) is 0.316. The molecule has 1 aliphatic rings. The molecule has 136 valence electrons. The van der Waals surface area contributed by atoms with Gasteiger partial charge in [-0.05, 0) is 36.4 Å². The lowest BCUT2D eigenvalue weighted by atomic mass is 10.2. The molecule has 1 N–H and O–H groups in total. The second-order valence-corrected chi connectivity index (χ2v) is 6.43. The van der Waals surface area contributed by atoms with Gasteiger partial charge in [0.2, 0.25) is 6.41 Å². The van der Waals surface area contributed by atoms with Crippen LogP contribution in [0.5, 0.6) is 0 Å². The lowest BCUT2D eigenvalue weighted by Gasteiger charge is -2.32. The van der Waals surface area contributed by atoms with Gasteiger partial charge >= 0.3 is 0 Å². The molecule has 2 amide bonds. The minimum absolute atomic E-state index is 0.0380. The van der Waals surface area contributed by atoms with Crippen molar-refractivity contribution in [1.82, 2.24) is 14.8 Å². The van der Waals surface area contributed by atoms with Gasteiger partial charge in [-0.1, -0.05) is 0 Å². The van der Waals surface area contributed by atoms with Crippen LogP contribution in [0.25, 0.3) is 0 Å². The Labute approximate surface area is 153 Å². The molecular formula is C19H23N5O2. The maximum atomic E-state index is 12.7. The lowest BCUT2D eigenvalue weighted by molar-refractivity contribution is -0.119. The number of carbonyl (C=O) groups is 2. The first-order valence-electron chi connectivity index (χ1n) is 8.56. The van der Waals surface area contributed by atoms with Crippen LogP contribution in [0, 0.1) is 0 Å². The first kappa shape index (κ1) is 17.7. The number of hydrogen-bond donors (Lipinski definition) is 1. The molecule has 0 atom stereocenters. The van der Waals surface area contributed by atoms with E-state index in [-0.39, 0.29) is 5.91 Å². The summed E-state index contributed by atoms with van der Waals surface area (Å²) >= 11 is 0. The molecule has 1 aliphatic heterocycles. The molecule has 26 heavy (non-hydrogen) atoms. The molecule has 0 saturated carbocycles. The van der Waals surface area contributed by atoms with Crippen molar-refractivity contribution in [3.05, 3.63) is 48.2 Å². The van der Waals surface area contributed by atoms with Gasteiger partial charge in [0.15, 0.2) is 0 Å². The largest absolute Gasteiger partial charge is 0.378 e. The van der Waals surface area contributed by atoms with E-state index in [4.69, 9.17) is 0 Å². The monoisotopic (exact) mass is 353 g/mol. The number of pyridine rings is 1. The van der Waals surface area contributed by atoms with Crippen LogP contribution in [0.1, 0.15) is 10.4 Å². The van der Waals surface area contributed by atoms with Gasteiger partial charge < -0.3 is 20.0 Å². The molecule has 1 saturated heterocycles. The Kier molecular flexibility index (Phi) is 5.36. The molecule has 7 nitrogen and oxygen atoms in total. The van der Waals surface area contributed by atoms with E-state index in [1.54, 1.807) is 28.1 Å². The molecule has 2 aromatic rings. The van der Waals surface area contributed by atoms with Crippen LogP contribution in [0.3, 0.4) is 0 Å². The lowest BCUT2D eigenvalue weighted by Crippen LogP contribution is -2.48. The number of aromatic nitrogens is 1. The van der Waals surface area contributed by atoms with Crippen molar-refractivity contribution in [3.63, 3.8) is 0 Å². The number of piperazine rings is 1. The molecule has 1 aromatic heterocycles. The fourth-order valence-electron chi connectivity index (χ4n) is 2.84. The SMILES string of the molecule is CN(C)c1ccc(Nc2cc(C(=O)N3CCN(C=O)CC3)ccn2)cc1. The van der Waals surface area contributed by atoms with E-state index in [1.165, 1.54) is 0 Å². The highest BCUT2D eigenvalue weighted by atomic mass is 16.2. The number of benzene rings is 1. The van der Waals surface area contributed by atoms with Crippen LogP contribution >= 0.6 is 0 Å². The maximum Gasteiger partial charge on any atom is 0.254 e. The van der Waals surface area contributed by atoms with Crippen LogP contribution in [0.4, 0.5) is 17.2 Å². The van der Waals surface area contributed by atoms with Gasteiger partial charge in [0.25, 0.3) is 5.91 Å². The van der Waals surface area contributed by atoms with Gasteiger partial charge in [-0.15, -0.1) is 0 Å². The zero-order valence-corrected chi connectivity index (χ0v) is 15.1. The van der Waals surface area contributed by atoms with Gasteiger partial charge in [-0.25, -0.2) is 4.98 Å². The summed E-state index contributed by atoms with van der Waals surface area (Å²) in [5.74, 6) is 0.587. The highest BCUT2D eigenvalue weighted by molar-refractivity contribution is 5.95. The van der Waals surface area contributed by atoms with Crippen molar-refractivity contribution in [2.75, 3.05) is 50.5 Å². The summed E-state index contributed by atoms with van der Waals surface area (Å²) < 4.78 is 0. The smallest absolute Gasteiger partial charge is 0.254 e. The van der Waals surface area contributed by atoms with Gasteiger partial charge in [-0.3, -0.25) is 9.59 Å². The van der Waals surface area contributed by atoms with Gasteiger partial charge in [0.05, 0.1) is 0 Å². The zero-order chi connectivity index (χ0) is 18.5. The number of amides is 2. The maximum absolute atomic E-state index is 12.7. The highest BCUT2D eigenvalue weighted by Gasteiger charge is 2.21. The number of anilines is 3. The van der Waals surface area contributed by atoms with Crippen molar-refractivity contribution in [1.29, 1.82) is 0 Å². The molecule has 2 heterocycles. The van der Waals surface area contributed by atoms with Crippen molar-refractivity contribution in [3.8, 4) is 0 Å². The molecule has 0 unspecified atom stereocenters. The number of nitrogens with one attached hydrogen (secondary N) is 1. The second kappa shape index (κ2) is 7.86. The molecule has 1 aromatic carbocycles. The van der Waals surface area contributed by atoms with Crippen LogP contribution in [-0.2, 0) is 4.79 Å². The Morgan fingerprint density at radius 1 is 1.12 bits per heavy atom. The predicted molar refractivity (Wildman–Crippen MR) is 102 cm³/mol. The third-order valence-electron chi connectivity index (χ3n) is 4.41. The van der Waals surface area contributed by atoms with Crippen LogP contribution in [0.15, 0.2) is 42.6 Å². The van der Waals surface area contributed by atoms with E-state index in [2.05, 4.69) is 10.3 Å². The quantitative estimate of drug-likeness (QED) is 0.830. The fourth-order valence-corrected chi connectivity index (χ4v) is 2.84. The van der Waals surface area contributed by atoms with E-state index in [9.17, 15) is 9.59 Å². The zero-order valence-electron chi connectivity index (χ0n) is 15.1. The third-order valence-corrected chi connectivity index (χ3v) is 4.41. The highest BCUT2D eigenvalue weighted by Crippen LogP contribution is 2.20. The second-order valence-electron chi connectivity index (χ2n) is 6.43. The number of rotatable bonds is 5. The molecule has 3 rings (SSSR count). The number of nitrogens with zero attached hydrogens (tertiary/aromatic N) is 4. The molecule has 0 bridgehead atoms. The van der Waals surface area contributed by atoms with Crippen molar-refractivity contribution < 1.29 is 9.59 Å². The molecule has 0 aliphatic carbocycles. The number of carbonyl (C=O) groups excluding carboxylic acids is 2. The van der Waals surface area contributed by atoms with Crippen LogP contribution in [0.2, 0.25) is 0 Å². The molecular weight excluding hydrogens is 330 g/mol. The van der Waals surface area contributed by atoms with Crippen LogP contribution < -0.4 is 10.2 Å². The normalized spacial score (nSPS) is 14.1. The van der Waals surface area contributed by atoms with Gasteiger partial charge in [0, 0.05) is 63.4 Å². The minimum atomic E-state index is -0.0380. The Bertz CT molecular complexity index is 768. The summed E-state index contributed by atoms with van der Waals surface area (Å²) in [5.41, 5.74) is 2.61. The van der Waals surface area contributed by atoms with Crippen molar-refractivity contribution in [2.45, 2.75) is 0 Å². The Balaban J connectivity index is 1.68. The summed E-state index contributed by atoms with van der Waals surface area (Å²) in [4.78, 5) is 33.2. The van der Waals surface area contributed by atoms with Gasteiger partial charge in [-0.2, -0.15) is 0 Å². The molecule has 1 fully saturated rings. The van der Waals surface area contributed by atoms with E-state index in [1.807, 2.05) is 43.3 Å². The van der Waals surface area contributed by atoms with Crippen LogP contribution in [-0.4, -0.2) is 67.4 Å². The molecule has 0 radical (unpaired) electrons. The Hall–Kier alpha value is -3.09. The summed E-state index contributed by atoms with van der Waals surface area (Å²) in [6.45, 7) is 2.25. The van der Waals surface area contributed by atoms with E-state index < -0.39 is 0 Å². The summed E-state index contributed by atoms with van der Waals surface area (Å²) in [5, 5.41) is 3.23. The predicted octanol–water partition coefficient (Wildman–Crippen LogP) is 1.81. The first-order chi connectivity index (χ1) is 12.6. The molecule has 7 heteroatoms. The minimum Gasteiger partial charge on any atom is -0.378 e. The Morgan fingerprint density at radius 3 is 2.42 bits per heavy atom. The summed E-state index contributed by atoms with van der Waals surface area (Å²) in [6, 6.07) is 11.5. The topological polar surface area (TPSA) is 68.8 Å². The third kappa shape index (κ3) is 4.11. The van der Waals surface area contributed by atoms with E-state index >= 15 is 0 Å². The molecule has 0 spiro atoms. The van der Waals surface area contributed by atoms with E-state index in [0.717, 1.165) is 17.8 Å². The summed E-state index contributed by atoms with van der Waals surface area (Å²) in [7, 11) is 3.99. The van der Waals surface area contributed by atoms with Gasteiger partial charge in [0.1, 0.15) is 5.82 Å². The van der Waals surface area contributed by atoms with Crippen molar-refractivity contribution >= 4 is 29.5 Å². The first-order valence-corrected chi connectivity index (χ1v) is 8.56. The number of hydrogen-bond acceptors (Lipinski definition) is 5. The standard InChI is InChI=1S/C19H23N5O2/c1-22(2)17-5-3-16(4-6-17)21-18-13-15(7-8-20-18)19(26)24-11-9-23(14-25)10-12-24/h3-8,13-14H,9-12H2,1-2H3,(H,20,21). The van der Waals surface area contributed by atoms with Crippen molar-refractivity contribution in [2.24, 2.45) is 0 Å². The Morgan fingerprint density at radius 2 is 1.81 bits per heavy atom. The average Bonchev–Trinajstić information content (AvgIpc) is 2.68. The van der Waals surface area contributed by atoms with E-state index in [0.29, 0.717) is 37.6 Å².